The van der Waals surface area contributed by atoms with Crippen LogP contribution in [0.5, 0.6) is 0 Å². The van der Waals surface area contributed by atoms with Gasteiger partial charge in [0.05, 0.1) is 4.90 Å². The maximum absolute atomic E-state index is 12.2. The van der Waals surface area contributed by atoms with Gasteiger partial charge in [0.15, 0.2) is 0 Å². The van der Waals surface area contributed by atoms with Crippen LogP contribution in [0.1, 0.15) is 38.5 Å². The fourth-order valence-electron chi connectivity index (χ4n) is 2.69. The standard InChI is InChI=1S/C19H26IN3O9S/c20-12-5-7-13(8-6-12)33(31,32)21-11-3-1-2-4-14(17(26)27)22-19(30)23-15(18(28)29)9-10-16(24)25/h5-8,14-15,21H,1-4,9-11H2,(H,24,25)(H,26,27)(H,28,29)(H2,22,23,30)/t14-,15-/m0/s1. The van der Waals surface area contributed by atoms with Crippen LogP contribution in [0.4, 0.5) is 4.79 Å². The van der Waals surface area contributed by atoms with E-state index in [1.807, 2.05) is 0 Å². The number of carbonyl (C=O) groups excluding carboxylic acids is 1. The Morgan fingerprint density at radius 3 is 1.91 bits per heavy atom. The average Bonchev–Trinajstić information content (AvgIpc) is 2.72. The summed E-state index contributed by atoms with van der Waals surface area (Å²) in [5, 5.41) is 31.1. The molecule has 1 rings (SSSR count). The molecular formula is C19H26IN3O9S. The van der Waals surface area contributed by atoms with Gasteiger partial charge in [0, 0.05) is 16.5 Å². The molecule has 6 N–H and O–H groups in total. The van der Waals surface area contributed by atoms with Crippen LogP contribution >= 0.6 is 22.6 Å². The Labute approximate surface area is 204 Å². The molecule has 0 aromatic heterocycles. The van der Waals surface area contributed by atoms with Crippen LogP contribution < -0.4 is 15.4 Å². The van der Waals surface area contributed by atoms with Gasteiger partial charge >= 0.3 is 23.9 Å². The maximum atomic E-state index is 12.2. The molecule has 0 radical (unpaired) electrons. The average molecular weight is 599 g/mol. The largest absolute Gasteiger partial charge is 0.481 e. The number of benzene rings is 1. The molecule has 0 fully saturated rings. The molecule has 0 bridgehead atoms. The van der Waals surface area contributed by atoms with Gasteiger partial charge in [-0.25, -0.2) is 27.5 Å². The van der Waals surface area contributed by atoms with E-state index in [2.05, 4.69) is 37.9 Å². The number of aliphatic carboxylic acids is 3. The zero-order chi connectivity index (χ0) is 25.0. The van der Waals surface area contributed by atoms with Crippen molar-refractivity contribution in [3.8, 4) is 0 Å². The van der Waals surface area contributed by atoms with Crippen molar-refractivity contribution in [2.45, 2.75) is 55.5 Å². The number of carboxylic acids is 3. The van der Waals surface area contributed by atoms with E-state index in [4.69, 9.17) is 10.2 Å². The minimum absolute atomic E-state index is 0.0412. The molecule has 0 aliphatic carbocycles. The van der Waals surface area contributed by atoms with Crippen LogP contribution in [0.3, 0.4) is 0 Å². The molecule has 2 amide bonds. The van der Waals surface area contributed by atoms with Crippen molar-refractivity contribution in [1.29, 1.82) is 0 Å². The molecule has 12 nitrogen and oxygen atoms in total. The highest BCUT2D eigenvalue weighted by molar-refractivity contribution is 14.1. The molecule has 0 heterocycles. The second-order valence-corrected chi connectivity index (χ2v) is 10.0. The molecule has 33 heavy (non-hydrogen) atoms. The van der Waals surface area contributed by atoms with Gasteiger partial charge in [-0.15, -0.1) is 0 Å². The third-order valence-electron chi connectivity index (χ3n) is 4.44. The first-order chi connectivity index (χ1) is 15.4. The number of nitrogens with one attached hydrogen (secondary N) is 3. The number of unbranched alkanes of at least 4 members (excludes halogenated alkanes) is 2. The minimum atomic E-state index is -3.64. The van der Waals surface area contributed by atoms with E-state index < -0.39 is 52.5 Å². The summed E-state index contributed by atoms with van der Waals surface area (Å²) in [6, 6.07) is 2.54. The van der Waals surface area contributed by atoms with E-state index in [1.165, 1.54) is 12.1 Å². The van der Waals surface area contributed by atoms with Crippen LogP contribution in [0.15, 0.2) is 29.2 Å². The van der Waals surface area contributed by atoms with E-state index in [9.17, 15) is 32.7 Å². The first-order valence-electron chi connectivity index (χ1n) is 9.92. The van der Waals surface area contributed by atoms with Gasteiger partial charge in [0.2, 0.25) is 10.0 Å². The lowest BCUT2D eigenvalue weighted by molar-refractivity contribution is -0.140. The van der Waals surface area contributed by atoms with Gasteiger partial charge < -0.3 is 26.0 Å². The summed E-state index contributed by atoms with van der Waals surface area (Å²) < 4.78 is 27.8. The number of carbonyl (C=O) groups is 4. The molecule has 184 valence electrons. The van der Waals surface area contributed by atoms with Crippen LogP contribution in [-0.2, 0) is 24.4 Å². The summed E-state index contributed by atoms with van der Waals surface area (Å²) in [6.45, 7) is 0.157. The van der Waals surface area contributed by atoms with Crippen molar-refractivity contribution in [1.82, 2.24) is 15.4 Å². The molecular weight excluding hydrogens is 573 g/mol. The highest BCUT2D eigenvalue weighted by Crippen LogP contribution is 2.12. The Hall–Kier alpha value is -2.46. The molecule has 0 saturated heterocycles. The van der Waals surface area contributed by atoms with Gasteiger partial charge in [0.1, 0.15) is 12.1 Å². The molecule has 14 heteroatoms. The Bertz CT molecular complexity index is 938. The van der Waals surface area contributed by atoms with Crippen molar-refractivity contribution in [2.24, 2.45) is 0 Å². The minimum Gasteiger partial charge on any atom is -0.481 e. The predicted octanol–water partition coefficient (Wildman–Crippen LogP) is 1.20. The summed E-state index contributed by atoms with van der Waals surface area (Å²) in [5.74, 6) is -3.99. The number of sulfonamides is 1. The summed E-state index contributed by atoms with van der Waals surface area (Å²) in [6.07, 6.45) is 0.501. The fraction of sp³-hybridized carbons (Fsp3) is 0.474. The van der Waals surface area contributed by atoms with E-state index in [-0.39, 0.29) is 24.3 Å². The third-order valence-corrected chi connectivity index (χ3v) is 6.64. The third kappa shape index (κ3) is 11.3. The SMILES string of the molecule is O=C(O)CC[C@H](NC(=O)N[C@@H](CCCCCNS(=O)(=O)c1ccc(I)cc1)C(=O)O)C(=O)O. The highest BCUT2D eigenvalue weighted by Gasteiger charge is 2.24. The monoisotopic (exact) mass is 599 g/mol. The topological polar surface area (TPSA) is 199 Å². The predicted molar refractivity (Wildman–Crippen MR) is 124 cm³/mol. The Kier molecular flexibility index (Phi) is 12.1. The van der Waals surface area contributed by atoms with Crippen LogP contribution in [0.2, 0.25) is 0 Å². The van der Waals surface area contributed by atoms with Crippen molar-refractivity contribution in [3.05, 3.63) is 27.8 Å². The summed E-state index contributed by atoms with van der Waals surface area (Å²) >= 11 is 2.06. The number of hydrogen-bond donors (Lipinski definition) is 6. The molecule has 0 spiro atoms. The number of halogens is 1. The quantitative estimate of drug-likeness (QED) is 0.127. The summed E-state index contributed by atoms with van der Waals surface area (Å²) in [7, 11) is -3.64. The normalized spacial score (nSPS) is 13.0. The molecule has 1 aromatic carbocycles. The molecule has 0 unspecified atom stereocenters. The molecule has 2 atom stereocenters. The second kappa shape index (κ2) is 13.9. The number of rotatable bonds is 15. The lowest BCUT2D eigenvalue weighted by Crippen LogP contribution is -2.51. The molecule has 1 aromatic rings. The molecule has 0 saturated carbocycles. The van der Waals surface area contributed by atoms with E-state index >= 15 is 0 Å². The van der Waals surface area contributed by atoms with E-state index in [0.29, 0.717) is 19.3 Å². The van der Waals surface area contributed by atoms with Crippen molar-refractivity contribution in [2.75, 3.05) is 6.54 Å². The summed E-state index contributed by atoms with van der Waals surface area (Å²) in [5.41, 5.74) is 0. The van der Waals surface area contributed by atoms with Crippen LogP contribution in [0, 0.1) is 3.57 Å². The lowest BCUT2D eigenvalue weighted by atomic mass is 10.1. The van der Waals surface area contributed by atoms with Crippen LogP contribution in [0.25, 0.3) is 0 Å². The van der Waals surface area contributed by atoms with E-state index in [1.54, 1.807) is 12.1 Å². The van der Waals surface area contributed by atoms with Gasteiger partial charge in [-0.1, -0.05) is 12.8 Å². The van der Waals surface area contributed by atoms with Gasteiger partial charge in [-0.3, -0.25) is 4.79 Å². The Balaban J connectivity index is 2.41. The van der Waals surface area contributed by atoms with Crippen molar-refractivity contribution >= 4 is 56.6 Å². The first-order valence-corrected chi connectivity index (χ1v) is 12.5. The zero-order valence-corrected chi connectivity index (χ0v) is 20.5. The van der Waals surface area contributed by atoms with Gasteiger partial charge in [-0.2, -0.15) is 0 Å². The van der Waals surface area contributed by atoms with Crippen LogP contribution in [-0.4, -0.2) is 66.3 Å². The Morgan fingerprint density at radius 1 is 0.848 bits per heavy atom. The van der Waals surface area contributed by atoms with Gasteiger partial charge in [0.25, 0.3) is 0 Å². The first kappa shape index (κ1) is 28.6. The number of carboxylic acid groups (broad SMARTS) is 3. The maximum Gasteiger partial charge on any atom is 0.326 e. The number of hydrogen-bond acceptors (Lipinski definition) is 6. The molecule has 0 aliphatic heterocycles. The summed E-state index contributed by atoms with van der Waals surface area (Å²) in [4.78, 5) is 45.2. The number of amides is 2. The fourth-order valence-corrected chi connectivity index (χ4v) is 4.13. The smallest absolute Gasteiger partial charge is 0.326 e. The Morgan fingerprint density at radius 2 is 1.39 bits per heavy atom. The number of urea groups is 1. The zero-order valence-electron chi connectivity index (χ0n) is 17.5. The van der Waals surface area contributed by atoms with Gasteiger partial charge in [-0.05, 0) is 66.1 Å². The van der Waals surface area contributed by atoms with Crippen molar-refractivity contribution in [3.63, 3.8) is 0 Å². The molecule has 0 aliphatic rings. The van der Waals surface area contributed by atoms with E-state index in [0.717, 1.165) is 3.57 Å². The van der Waals surface area contributed by atoms with Crippen molar-refractivity contribution < 1.29 is 42.9 Å². The second-order valence-electron chi connectivity index (χ2n) is 7.03. The lowest BCUT2D eigenvalue weighted by Gasteiger charge is -2.18. The highest BCUT2D eigenvalue weighted by atomic mass is 127.